The first kappa shape index (κ1) is 29.9. The predicted molar refractivity (Wildman–Crippen MR) is 166 cm³/mol. The second-order valence-electron chi connectivity index (χ2n) is 11.5. The summed E-state index contributed by atoms with van der Waals surface area (Å²) in [7, 11) is 0. The quantitative estimate of drug-likeness (QED) is 0.161. The molecule has 8 heteroatoms. The maximum absolute atomic E-state index is 13.8. The summed E-state index contributed by atoms with van der Waals surface area (Å²) in [5, 5.41) is 5.60. The zero-order valence-electron chi connectivity index (χ0n) is 24.5. The van der Waals surface area contributed by atoms with Crippen LogP contribution in [0, 0.1) is 23.8 Å². The van der Waals surface area contributed by atoms with Crippen LogP contribution in [0.3, 0.4) is 0 Å². The molecule has 1 aliphatic carbocycles. The van der Waals surface area contributed by atoms with Gasteiger partial charge >= 0.3 is 12.1 Å². The summed E-state index contributed by atoms with van der Waals surface area (Å²) in [6, 6.07) is 23.4. The van der Waals surface area contributed by atoms with Crippen LogP contribution in [-0.2, 0) is 19.2 Å². The Morgan fingerprint density at radius 2 is 1.72 bits per heavy atom. The Kier molecular flexibility index (Phi) is 9.13. The van der Waals surface area contributed by atoms with Crippen molar-refractivity contribution in [3.63, 3.8) is 0 Å². The Morgan fingerprint density at radius 3 is 2.37 bits per heavy atom. The molecule has 3 N–H and O–H groups in total. The number of benzene rings is 3. The van der Waals surface area contributed by atoms with E-state index in [4.69, 9.17) is 10.7 Å². The van der Waals surface area contributed by atoms with Crippen LogP contribution in [0.5, 0.6) is 0 Å². The number of rotatable bonds is 8. The van der Waals surface area contributed by atoms with Gasteiger partial charge in [-0.2, -0.15) is 0 Å². The summed E-state index contributed by atoms with van der Waals surface area (Å²) < 4.78 is 0. The molecule has 0 bridgehead atoms. The standard InChI is InChI=1S/C35H36N4O4/c1-3-8-23-13-15-24(16-14-23)21-37-29(28-18-17-25-9-4-7-12-27(25)19-28)20-30(40)38-32(26-10-5-6-11-26)33(41)31-22(2)34(42)39(36)35(31)43/h3-4,7-9,12-19,22,26,29,31-32H,5-6,10-11,20,36H2,1-2H3/p+1/b8-3+/t22-,29?,31+,32-/m0/s1. The van der Waals surface area contributed by atoms with Crippen molar-refractivity contribution < 1.29 is 19.2 Å². The minimum atomic E-state index is -1.20. The van der Waals surface area contributed by atoms with Crippen molar-refractivity contribution in [3.8, 4) is 6.07 Å². The Bertz CT molecular complexity index is 1630. The van der Waals surface area contributed by atoms with Crippen molar-refractivity contribution in [1.82, 2.24) is 10.3 Å². The molecule has 220 valence electrons. The number of hydrazine groups is 1. The number of nitrogens with one attached hydrogen (secondary N) is 1. The minimum Gasteiger partial charge on any atom is -0.346 e. The second kappa shape index (κ2) is 13.1. The summed E-state index contributed by atoms with van der Waals surface area (Å²) in [6.45, 7) is 3.50. The third-order valence-corrected chi connectivity index (χ3v) is 8.59. The van der Waals surface area contributed by atoms with E-state index in [2.05, 4.69) is 11.4 Å². The van der Waals surface area contributed by atoms with E-state index in [9.17, 15) is 19.2 Å². The predicted octanol–water partition coefficient (Wildman–Crippen LogP) is 5.42. The number of fused-ring (bicyclic) bond motifs is 1. The molecule has 3 amide bonds. The summed E-state index contributed by atoms with van der Waals surface area (Å²) in [5.74, 6) is 1.37. The van der Waals surface area contributed by atoms with Gasteiger partial charge in [0.15, 0.2) is 5.78 Å². The summed E-state index contributed by atoms with van der Waals surface area (Å²) in [4.78, 5) is 57.2. The first-order valence-electron chi connectivity index (χ1n) is 14.9. The highest BCUT2D eigenvalue weighted by molar-refractivity contribution is 6.16. The molecule has 8 nitrogen and oxygen atoms in total. The van der Waals surface area contributed by atoms with Crippen molar-refractivity contribution in [2.75, 3.05) is 0 Å². The van der Waals surface area contributed by atoms with Gasteiger partial charge < -0.3 is 5.32 Å². The van der Waals surface area contributed by atoms with E-state index < -0.39 is 41.5 Å². The topological polar surface area (TPSA) is 114 Å². The first-order valence-corrected chi connectivity index (χ1v) is 14.9. The fraction of sp³-hybridized carbons (Fsp3) is 0.343. The lowest BCUT2D eigenvalue weighted by Crippen LogP contribution is -2.50. The van der Waals surface area contributed by atoms with Crippen LogP contribution in [0.2, 0.25) is 0 Å². The number of hydrogen-bond acceptors (Lipinski definition) is 5. The number of hydrogen-bond donors (Lipinski definition) is 2. The van der Waals surface area contributed by atoms with Gasteiger partial charge in [-0.1, -0.05) is 85.3 Å². The van der Waals surface area contributed by atoms with Gasteiger partial charge in [0.05, 0.1) is 12.0 Å². The lowest BCUT2D eigenvalue weighted by molar-refractivity contribution is -0.142. The van der Waals surface area contributed by atoms with Crippen LogP contribution in [0.1, 0.15) is 68.7 Å². The van der Waals surface area contributed by atoms with Gasteiger partial charge in [0.2, 0.25) is 11.8 Å². The van der Waals surface area contributed by atoms with Crippen LogP contribution < -0.4 is 11.2 Å². The molecule has 1 unspecified atom stereocenters. The normalized spacial score (nSPS) is 20.3. The second-order valence-corrected chi connectivity index (χ2v) is 11.5. The summed E-state index contributed by atoms with van der Waals surface area (Å²) in [6.07, 6.45) is 7.35. The summed E-state index contributed by atoms with van der Waals surface area (Å²) >= 11 is 0. The Hall–Kier alpha value is -4.61. The third-order valence-electron chi connectivity index (χ3n) is 8.59. The number of imide groups is 1. The zero-order valence-corrected chi connectivity index (χ0v) is 24.5. The number of carbonyl (C=O) groups excluding carboxylic acids is 4. The average molecular weight is 578 g/mol. The maximum atomic E-state index is 13.8. The third kappa shape index (κ3) is 6.58. The Balaban J connectivity index is 1.42. The molecule has 3 aromatic rings. The maximum Gasteiger partial charge on any atom is 0.311 e. The van der Waals surface area contributed by atoms with Crippen LogP contribution in [0.15, 0.2) is 72.8 Å². The first-order chi connectivity index (χ1) is 20.8. The van der Waals surface area contributed by atoms with E-state index in [1.807, 2.05) is 85.8 Å². The number of carbonyl (C=O) groups is 4. The number of Topliss-reactive ketones (excluding diaryl/α,β-unsaturated/α-hetero) is 1. The number of ketones is 1. The van der Waals surface area contributed by atoms with Crippen LogP contribution >= 0.6 is 0 Å². The van der Waals surface area contributed by atoms with Crippen LogP contribution in [-0.4, -0.2) is 34.6 Å². The van der Waals surface area contributed by atoms with E-state index in [0.717, 1.165) is 53.1 Å². The van der Waals surface area contributed by atoms with E-state index in [0.29, 0.717) is 5.01 Å². The van der Waals surface area contributed by atoms with E-state index in [1.165, 1.54) is 6.92 Å². The smallest absolute Gasteiger partial charge is 0.311 e. The molecule has 3 aromatic carbocycles. The molecule has 0 spiro atoms. The molecule has 1 saturated carbocycles. The molecule has 1 aliphatic heterocycles. The van der Waals surface area contributed by atoms with E-state index in [-0.39, 0.29) is 18.2 Å². The molecule has 2 aliphatic rings. The number of nitrogens with zero attached hydrogens (tertiary/aromatic N) is 2. The van der Waals surface area contributed by atoms with Crippen molar-refractivity contribution >= 4 is 40.4 Å². The van der Waals surface area contributed by atoms with Gasteiger partial charge in [-0.3, -0.25) is 19.2 Å². The molecular weight excluding hydrogens is 540 g/mol. The van der Waals surface area contributed by atoms with E-state index >= 15 is 0 Å². The highest BCUT2D eigenvalue weighted by Gasteiger charge is 2.51. The van der Waals surface area contributed by atoms with Gasteiger partial charge in [0, 0.05) is 5.56 Å². The highest BCUT2D eigenvalue weighted by Crippen LogP contribution is 2.34. The molecule has 4 atom stereocenters. The van der Waals surface area contributed by atoms with Crippen molar-refractivity contribution in [3.05, 3.63) is 94.3 Å². The number of amides is 3. The fourth-order valence-electron chi connectivity index (χ4n) is 6.18. The summed E-state index contributed by atoms with van der Waals surface area (Å²) in [5.41, 5.74) is 2.69. The van der Waals surface area contributed by atoms with E-state index in [1.54, 1.807) is 0 Å². The van der Waals surface area contributed by atoms with Gasteiger partial charge in [-0.25, -0.2) is 10.9 Å². The number of nitrogens with two attached hydrogens (primary N) is 1. The molecule has 5 rings (SSSR count). The Labute approximate surface area is 251 Å². The molecule has 0 radical (unpaired) electrons. The molecule has 2 fully saturated rings. The molecule has 1 heterocycles. The molecule has 43 heavy (non-hydrogen) atoms. The molecule has 0 aromatic heterocycles. The lowest BCUT2D eigenvalue weighted by atomic mass is 9.83. The van der Waals surface area contributed by atoms with Crippen LogP contribution in [0.25, 0.3) is 21.7 Å². The molecular formula is C35H37N4O4+. The lowest BCUT2D eigenvalue weighted by Gasteiger charge is -2.26. The zero-order chi connectivity index (χ0) is 30.5. The van der Waals surface area contributed by atoms with Crippen molar-refractivity contribution in [1.29, 1.82) is 0 Å². The Morgan fingerprint density at radius 1 is 1.02 bits per heavy atom. The molecule has 1 saturated heterocycles. The van der Waals surface area contributed by atoms with Gasteiger partial charge in [0.1, 0.15) is 17.9 Å². The van der Waals surface area contributed by atoms with Gasteiger partial charge in [-0.05, 0) is 60.2 Å². The van der Waals surface area contributed by atoms with Gasteiger partial charge in [-0.15, -0.1) is 0 Å². The fourth-order valence-corrected chi connectivity index (χ4v) is 6.18. The van der Waals surface area contributed by atoms with Gasteiger partial charge in [0.25, 0.3) is 5.91 Å². The van der Waals surface area contributed by atoms with Crippen LogP contribution in [0.4, 0.5) is 0 Å². The largest absolute Gasteiger partial charge is 0.346 e. The number of allylic oxidation sites excluding steroid dienone is 1. The average Bonchev–Trinajstić information content (AvgIpc) is 3.62. The minimum absolute atomic E-state index is 0.0192. The van der Waals surface area contributed by atoms with Crippen molar-refractivity contribution in [2.45, 2.75) is 58.0 Å². The van der Waals surface area contributed by atoms with Crippen molar-refractivity contribution in [2.24, 2.45) is 23.6 Å². The SMILES string of the molecule is C/C=C/c1ccc(C#[N+]C(CC(=O)N[C@H](C(=O)[C@@H]2C(=O)N(N)C(=O)[C@H]2C)C2CCCC2)c2ccc3ccccc3c2)cc1. The monoisotopic (exact) mass is 577 g/mol. The highest BCUT2D eigenvalue weighted by atomic mass is 16.2.